The van der Waals surface area contributed by atoms with Crippen LogP contribution in [0.25, 0.3) is 0 Å². The summed E-state index contributed by atoms with van der Waals surface area (Å²) in [6.07, 6.45) is 2.14. The number of hydrogen-bond donors (Lipinski definition) is 3. The van der Waals surface area contributed by atoms with Gasteiger partial charge in [0.05, 0.1) is 11.1 Å². The van der Waals surface area contributed by atoms with Crippen LogP contribution in [-0.4, -0.2) is 51.7 Å². The third-order valence-electron chi connectivity index (χ3n) is 4.93. The first kappa shape index (κ1) is 19.5. The number of benzene rings is 1. The second-order valence-corrected chi connectivity index (χ2v) is 6.88. The third-order valence-corrected chi connectivity index (χ3v) is 4.93. The van der Waals surface area contributed by atoms with E-state index in [1.165, 1.54) is 12.1 Å². The number of anilines is 1. The molecule has 0 bridgehead atoms. The lowest BCUT2D eigenvalue weighted by atomic mass is 10.0. The van der Waals surface area contributed by atoms with Crippen LogP contribution in [-0.2, 0) is 14.4 Å². The van der Waals surface area contributed by atoms with Gasteiger partial charge in [-0.3, -0.25) is 29.4 Å². The van der Waals surface area contributed by atoms with Crippen LogP contribution in [0.1, 0.15) is 59.7 Å². The Morgan fingerprint density at radius 3 is 2.61 bits per heavy atom. The summed E-state index contributed by atoms with van der Waals surface area (Å²) >= 11 is 0. The van der Waals surface area contributed by atoms with Crippen LogP contribution in [0.3, 0.4) is 0 Å². The van der Waals surface area contributed by atoms with Gasteiger partial charge in [0.1, 0.15) is 12.1 Å². The molecule has 2 aliphatic heterocycles. The maximum absolute atomic E-state index is 12.8. The third kappa shape index (κ3) is 3.60. The molecule has 2 heterocycles. The van der Waals surface area contributed by atoms with E-state index in [0.29, 0.717) is 12.1 Å². The molecule has 0 aliphatic carbocycles. The Bertz CT molecular complexity index is 865. The van der Waals surface area contributed by atoms with Crippen molar-refractivity contribution < 1.29 is 29.1 Å². The second kappa shape index (κ2) is 7.79. The molecule has 9 nitrogen and oxygen atoms in total. The SMILES string of the molecule is CCCCC(Nc1ccc2c(c1)C(=O)N(C1CCC(=O)NC1=O)C2=O)C(=O)O. The Morgan fingerprint density at radius 2 is 1.96 bits per heavy atom. The Labute approximate surface area is 161 Å². The molecule has 9 heteroatoms. The highest BCUT2D eigenvalue weighted by molar-refractivity contribution is 6.23. The quantitative estimate of drug-likeness (QED) is 0.598. The molecule has 2 unspecified atom stereocenters. The van der Waals surface area contributed by atoms with Crippen molar-refractivity contribution in [3.05, 3.63) is 29.3 Å². The van der Waals surface area contributed by atoms with Gasteiger partial charge in [-0.05, 0) is 31.0 Å². The number of carbonyl (C=O) groups is 5. The molecule has 1 saturated heterocycles. The zero-order valence-corrected chi connectivity index (χ0v) is 15.4. The van der Waals surface area contributed by atoms with Gasteiger partial charge in [0.2, 0.25) is 11.8 Å². The van der Waals surface area contributed by atoms with Crippen LogP contribution >= 0.6 is 0 Å². The summed E-state index contributed by atoms with van der Waals surface area (Å²) in [6, 6.07) is 2.58. The average molecular weight is 387 g/mol. The molecule has 3 N–H and O–H groups in total. The fourth-order valence-corrected chi connectivity index (χ4v) is 3.43. The number of unbranched alkanes of at least 4 members (excludes halogenated alkanes) is 1. The lowest BCUT2D eigenvalue weighted by Gasteiger charge is -2.27. The summed E-state index contributed by atoms with van der Waals surface area (Å²) in [7, 11) is 0. The Balaban J connectivity index is 1.82. The highest BCUT2D eigenvalue weighted by Gasteiger charge is 2.44. The van der Waals surface area contributed by atoms with Crippen molar-refractivity contribution >= 4 is 35.3 Å². The first-order valence-corrected chi connectivity index (χ1v) is 9.18. The Kier molecular flexibility index (Phi) is 5.43. The maximum atomic E-state index is 12.8. The number of piperidine rings is 1. The van der Waals surface area contributed by atoms with Gasteiger partial charge in [-0.25, -0.2) is 4.79 Å². The van der Waals surface area contributed by atoms with E-state index >= 15 is 0 Å². The van der Waals surface area contributed by atoms with Crippen LogP contribution in [0.2, 0.25) is 0 Å². The van der Waals surface area contributed by atoms with E-state index in [1.807, 2.05) is 6.92 Å². The lowest BCUT2D eigenvalue weighted by molar-refractivity contribution is -0.138. The Morgan fingerprint density at radius 1 is 1.25 bits per heavy atom. The zero-order chi connectivity index (χ0) is 20.4. The molecule has 0 aromatic heterocycles. The van der Waals surface area contributed by atoms with Gasteiger partial charge in [-0.2, -0.15) is 0 Å². The molecule has 1 fully saturated rings. The molecule has 0 spiro atoms. The predicted molar refractivity (Wildman–Crippen MR) is 97.7 cm³/mol. The molecule has 4 amide bonds. The zero-order valence-electron chi connectivity index (χ0n) is 15.4. The number of nitrogens with zero attached hydrogens (tertiary/aromatic N) is 1. The maximum Gasteiger partial charge on any atom is 0.326 e. The number of fused-ring (bicyclic) bond motifs is 1. The number of rotatable bonds is 7. The second-order valence-electron chi connectivity index (χ2n) is 6.88. The van der Waals surface area contributed by atoms with E-state index in [1.54, 1.807) is 6.07 Å². The van der Waals surface area contributed by atoms with E-state index in [2.05, 4.69) is 10.6 Å². The van der Waals surface area contributed by atoms with Crippen LogP contribution in [0, 0.1) is 0 Å². The van der Waals surface area contributed by atoms with E-state index in [-0.39, 0.29) is 24.0 Å². The summed E-state index contributed by atoms with van der Waals surface area (Å²) in [5, 5.41) is 14.4. The van der Waals surface area contributed by atoms with E-state index < -0.39 is 41.7 Å². The lowest BCUT2D eigenvalue weighted by Crippen LogP contribution is -2.54. The highest BCUT2D eigenvalue weighted by Crippen LogP contribution is 2.29. The van der Waals surface area contributed by atoms with Gasteiger partial charge in [-0.1, -0.05) is 19.8 Å². The van der Waals surface area contributed by atoms with Gasteiger partial charge in [0, 0.05) is 12.1 Å². The molecule has 2 atom stereocenters. The number of carboxylic acid groups (broad SMARTS) is 1. The molecular weight excluding hydrogens is 366 g/mol. The van der Waals surface area contributed by atoms with Crippen molar-refractivity contribution in [3.63, 3.8) is 0 Å². The fraction of sp³-hybridized carbons (Fsp3) is 0.421. The summed E-state index contributed by atoms with van der Waals surface area (Å²) in [4.78, 5) is 61.1. The summed E-state index contributed by atoms with van der Waals surface area (Å²) < 4.78 is 0. The molecule has 2 aliphatic rings. The number of carboxylic acids is 1. The number of hydrogen-bond acceptors (Lipinski definition) is 6. The van der Waals surface area contributed by atoms with E-state index in [4.69, 9.17) is 0 Å². The summed E-state index contributed by atoms with van der Waals surface area (Å²) in [5.74, 6) is -3.33. The molecule has 1 aromatic carbocycles. The van der Waals surface area contributed by atoms with Crippen LogP contribution < -0.4 is 10.6 Å². The molecule has 28 heavy (non-hydrogen) atoms. The van der Waals surface area contributed by atoms with Crippen LogP contribution in [0.5, 0.6) is 0 Å². The van der Waals surface area contributed by atoms with Crippen LogP contribution in [0.4, 0.5) is 5.69 Å². The largest absolute Gasteiger partial charge is 0.480 e. The Hall–Kier alpha value is -3.23. The van der Waals surface area contributed by atoms with E-state index in [9.17, 15) is 29.1 Å². The number of imide groups is 2. The summed E-state index contributed by atoms with van der Waals surface area (Å²) in [5.41, 5.74) is 0.675. The minimum atomic E-state index is -1.03. The van der Waals surface area contributed by atoms with Crippen molar-refractivity contribution in [2.45, 2.75) is 51.1 Å². The molecule has 3 rings (SSSR count). The molecule has 0 saturated carbocycles. The molecular formula is C19H21N3O6. The van der Waals surface area contributed by atoms with Gasteiger partial charge < -0.3 is 10.4 Å². The number of nitrogens with one attached hydrogen (secondary N) is 2. The number of carbonyl (C=O) groups excluding carboxylic acids is 4. The summed E-state index contributed by atoms with van der Waals surface area (Å²) in [6.45, 7) is 1.96. The molecule has 1 aromatic rings. The smallest absolute Gasteiger partial charge is 0.326 e. The minimum Gasteiger partial charge on any atom is -0.480 e. The number of aliphatic carboxylic acids is 1. The van der Waals surface area contributed by atoms with Crippen molar-refractivity contribution in [2.75, 3.05) is 5.32 Å². The van der Waals surface area contributed by atoms with Crippen molar-refractivity contribution in [1.82, 2.24) is 10.2 Å². The monoisotopic (exact) mass is 387 g/mol. The van der Waals surface area contributed by atoms with Gasteiger partial charge in [0.15, 0.2) is 0 Å². The molecule has 148 valence electrons. The van der Waals surface area contributed by atoms with Crippen LogP contribution in [0.15, 0.2) is 18.2 Å². The topological polar surface area (TPSA) is 133 Å². The molecule has 0 radical (unpaired) electrons. The first-order chi connectivity index (χ1) is 13.3. The van der Waals surface area contributed by atoms with Crippen molar-refractivity contribution in [2.24, 2.45) is 0 Å². The van der Waals surface area contributed by atoms with Crippen molar-refractivity contribution in [3.8, 4) is 0 Å². The standard InChI is InChI=1S/C19H21N3O6/c1-2-3-4-13(19(27)28)20-10-5-6-11-12(9-10)18(26)22(17(11)25)14-7-8-15(23)21-16(14)24/h5-6,9,13-14,20H,2-4,7-8H2,1H3,(H,27,28)(H,21,23,24). The average Bonchev–Trinajstić information content (AvgIpc) is 2.89. The van der Waals surface area contributed by atoms with Gasteiger partial charge in [-0.15, -0.1) is 0 Å². The normalized spacial score (nSPS) is 20.0. The first-order valence-electron chi connectivity index (χ1n) is 9.18. The van der Waals surface area contributed by atoms with Crippen molar-refractivity contribution in [1.29, 1.82) is 0 Å². The highest BCUT2D eigenvalue weighted by atomic mass is 16.4. The fourth-order valence-electron chi connectivity index (χ4n) is 3.43. The van der Waals surface area contributed by atoms with Gasteiger partial charge in [0.25, 0.3) is 11.8 Å². The van der Waals surface area contributed by atoms with Gasteiger partial charge >= 0.3 is 5.97 Å². The predicted octanol–water partition coefficient (Wildman–Crippen LogP) is 1.14. The minimum absolute atomic E-state index is 0.0499. The number of amides is 4. The van der Waals surface area contributed by atoms with E-state index in [0.717, 1.165) is 17.7 Å².